The SMILES string of the molecule is O=C(Nc1ccc(Nc2nc(-c3ccncc3)cs2)cc1)C(F)(F)F. The van der Waals surface area contributed by atoms with E-state index in [1.807, 2.05) is 17.5 Å². The molecule has 1 amide bonds. The molecule has 0 spiro atoms. The predicted molar refractivity (Wildman–Crippen MR) is 89.8 cm³/mol. The van der Waals surface area contributed by atoms with E-state index < -0.39 is 12.1 Å². The van der Waals surface area contributed by atoms with Crippen LogP contribution in [0.2, 0.25) is 0 Å². The summed E-state index contributed by atoms with van der Waals surface area (Å²) in [4.78, 5) is 19.3. The summed E-state index contributed by atoms with van der Waals surface area (Å²) in [5.74, 6) is -2.00. The molecule has 0 unspecified atom stereocenters. The summed E-state index contributed by atoms with van der Waals surface area (Å²) in [6.45, 7) is 0. The van der Waals surface area contributed by atoms with Gasteiger partial charge in [0.1, 0.15) is 0 Å². The molecule has 128 valence electrons. The van der Waals surface area contributed by atoms with E-state index in [1.54, 1.807) is 29.8 Å². The quantitative estimate of drug-likeness (QED) is 0.718. The van der Waals surface area contributed by atoms with Crippen LogP contribution in [0.3, 0.4) is 0 Å². The van der Waals surface area contributed by atoms with Gasteiger partial charge in [-0.2, -0.15) is 13.2 Å². The lowest BCUT2D eigenvalue weighted by Gasteiger charge is -2.08. The van der Waals surface area contributed by atoms with Crippen molar-refractivity contribution in [2.75, 3.05) is 10.6 Å². The molecule has 2 N–H and O–H groups in total. The van der Waals surface area contributed by atoms with Gasteiger partial charge >= 0.3 is 12.1 Å². The molecule has 5 nitrogen and oxygen atoms in total. The first-order valence-electron chi connectivity index (χ1n) is 7.03. The van der Waals surface area contributed by atoms with Gasteiger partial charge in [-0.3, -0.25) is 9.78 Å². The Morgan fingerprint density at radius 3 is 2.28 bits per heavy atom. The maximum Gasteiger partial charge on any atom is 0.471 e. The number of nitrogens with zero attached hydrogens (tertiary/aromatic N) is 2. The van der Waals surface area contributed by atoms with Crippen LogP contribution in [-0.4, -0.2) is 22.1 Å². The number of anilines is 3. The number of aromatic nitrogens is 2. The highest BCUT2D eigenvalue weighted by atomic mass is 32.1. The lowest BCUT2D eigenvalue weighted by Crippen LogP contribution is -2.29. The van der Waals surface area contributed by atoms with Crippen LogP contribution in [0.15, 0.2) is 54.2 Å². The molecule has 0 fully saturated rings. The Labute approximate surface area is 144 Å². The fraction of sp³-hybridized carbons (Fsp3) is 0.0625. The van der Waals surface area contributed by atoms with Crippen molar-refractivity contribution in [2.24, 2.45) is 0 Å². The lowest BCUT2D eigenvalue weighted by atomic mass is 10.2. The van der Waals surface area contributed by atoms with Crippen LogP contribution in [0.5, 0.6) is 0 Å². The molecule has 1 aromatic carbocycles. The molecule has 0 aliphatic carbocycles. The zero-order valence-corrected chi connectivity index (χ0v) is 13.4. The number of hydrogen-bond acceptors (Lipinski definition) is 5. The van der Waals surface area contributed by atoms with Gasteiger partial charge in [0.25, 0.3) is 0 Å². The van der Waals surface area contributed by atoms with Crippen molar-refractivity contribution in [1.29, 1.82) is 0 Å². The van der Waals surface area contributed by atoms with Crippen molar-refractivity contribution < 1.29 is 18.0 Å². The first-order valence-corrected chi connectivity index (χ1v) is 7.91. The maximum absolute atomic E-state index is 12.2. The molecule has 0 atom stereocenters. The van der Waals surface area contributed by atoms with Gasteiger partial charge in [-0.15, -0.1) is 11.3 Å². The molecular formula is C16H11F3N4OS. The number of hydrogen-bond donors (Lipinski definition) is 2. The third kappa shape index (κ3) is 4.32. The van der Waals surface area contributed by atoms with Crippen molar-refractivity contribution in [3.8, 4) is 11.3 Å². The van der Waals surface area contributed by atoms with Crippen molar-refractivity contribution in [3.63, 3.8) is 0 Å². The Bertz CT molecular complexity index is 863. The van der Waals surface area contributed by atoms with E-state index in [0.717, 1.165) is 11.3 Å². The normalized spacial score (nSPS) is 11.2. The second-order valence-electron chi connectivity index (χ2n) is 4.93. The van der Waals surface area contributed by atoms with Crippen molar-refractivity contribution in [1.82, 2.24) is 9.97 Å². The molecule has 0 aliphatic rings. The highest BCUT2D eigenvalue weighted by Gasteiger charge is 2.38. The largest absolute Gasteiger partial charge is 0.471 e. The first kappa shape index (κ1) is 16.9. The van der Waals surface area contributed by atoms with E-state index in [9.17, 15) is 18.0 Å². The molecule has 2 aromatic heterocycles. The van der Waals surface area contributed by atoms with E-state index >= 15 is 0 Å². The van der Waals surface area contributed by atoms with Gasteiger partial charge in [0.15, 0.2) is 5.13 Å². The van der Waals surface area contributed by atoms with E-state index in [4.69, 9.17) is 0 Å². The Balaban J connectivity index is 1.66. The Morgan fingerprint density at radius 2 is 1.64 bits per heavy atom. The zero-order chi connectivity index (χ0) is 17.9. The van der Waals surface area contributed by atoms with Crippen molar-refractivity contribution >= 4 is 33.8 Å². The smallest absolute Gasteiger partial charge is 0.332 e. The molecule has 9 heteroatoms. The first-order chi connectivity index (χ1) is 11.9. The summed E-state index contributed by atoms with van der Waals surface area (Å²) in [7, 11) is 0. The molecule has 0 radical (unpaired) electrons. The van der Waals surface area contributed by atoms with Gasteiger partial charge in [0, 0.05) is 34.7 Å². The van der Waals surface area contributed by atoms with Gasteiger partial charge in [-0.05, 0) is 36.4 Å². The number of nitrogens with one attached hydrogen (secondary N) is 2. The zero-order valence-electron chi connectivity index (χ0n) is 12.5. The molecule has 25 heavy (non-hydrogen) atoms. The number of carbonyl (C=O) groups excluding carboxylic acids is 1. The van der Waals surface area contributed by atoms with Gasteiger partial charge in [-0.1, -0.05) is 0 Å². The Hall–Kier alpha value is -2.94. The number of carbonyl (C=O) groups is 1. The van der Waals surface area contributed by atoms with Crippen LogP contribution in [0.4, 0.5) is 29.7 Å². The second kappa shape index (κ2) is 6.89. The van der Waals surface area contributed by atoms with Gasteiger partial charge in [-0.25, -0.2) is 4.98 Å². The predicted octanol–water partition coefficient (Wildman–Crippen LogP) is 4.45. The lowest BCUT2D eigenvalue weighted by molar-refractivity contribution is -0.167. The van der Waals surface area contributed by atoms with E-state index in [-0.39, 0.29) is 5.69 Å². The number of alkyl halides is 3. The van der Waals surface area contributed by atoms with E-state index in [2.05, 4.69) is 15.3 Å². The van der Waals surface area contributed by atoms with Gasteiger partial charge < -0.3 is 10.6 Å². The fourth-order valence-electron chi connectivity index (χ4n) is 1.95. The van der Waals surface area contributed by atoms with Crippen LogP contribution in [0, 0.1) is 0 Å². The summed E-state index contributed by atoms with van der Waals surface area (Å²) in [5, 5.41) is 7.37. The standard InChI is InChI=1S/C16H11F3N4OS/c17-16(18,19)14(24)21-11-1-3-12(4-2-11)22-15-23-13(9-25-15)10-5-7-20-8-6-10/h1-9H,(H,21,24)(H,22,23). The minimum absolute atomic E-state index is 0.0597. The summed E-state index contributed by atoms with van der Waals surface area (Å²) < 4.78 is 36.6. The highest BCUT2D eigenvalue weighted by molar-refractivity contribution is 7.14. The van der Waals surface area contributed by atoms with Gasteiger partial charge in [0.2, 0.25) is 0 Å². The van der Waals surface area contributed by atoms with Crippen LogP contribution in [0.1, 0.15) is 0 Å². The monoisotopic (exact) mass is 364 g/mol. The van der Waals surface area contributed by atoms with E-state index in [0.29, 0.717) is 10.8 Å². The Kier molecular flexibility index (Phi) is 4.66. The van der Waals surface area contributed by atoms with Gasteiger partial charge in [0.05, 0.1) is 5.69 Å². The third-order valence-electron chi connectivity index (χ3n) is 3.13. The molecule has 0 saturated carbocycles. The number of amides is 1. The van der Waals surface area contributed by atoms with E-state index in [1.165, 1.54) is 23.5 Å². The summed E-state index contributed by atoms with van der Waals surface area (Å²) in [6, 6.07) is 9.56. The van der Waals surface area contributed by atoms with Crippen LogP contribution in [-0.2, 0) is 4.79 Å². The Morgan fingerprint density at radius 1 is 1.00 bits per heavy atom. The summed E-state index contributed by atoms with van der Waals surface area (Å²) in [6.07, 6.45) is -1.56. The maximum atomic E-state index is 12.2. The molecule has 0 aliphatic heterocycles. The minimum Gasteiger partial charge on any atom is -0.332 e. The number of rotatable bonds is 4. The highest BCUT2D eigenvalue weighted by Crippen LogP contribution is 2.27. The summed E-state index contributed by atoms with van der Waals surface area (Å²) >= 11 is 1.40. The molecule has 2 heterocycles. The summed E-state index contributed by atoms with van der Waals surface area (Å²) in [5.41, 5.74) is 2.43. The molecule has 3 aromatic rings. The number of pyridine rings is 1. The molecular weight excluding hydrogens is 353 g/mol. The molecule has 3 rings (SSSR count). The number of benzene rings is 1. The average molecular weight is 364 g/mol. The minimum atomic E-state index is -4.92. The molecule has 0 saturated heterocycles. The van der Waals surface area contributed by atoms with Crippen molar-refractivity contribution in [2.45, 2.75) is 6.18 Å². The topological polar surface area (TPSA) is 66.9 Å². The molecule has 0 bridgehead atoms. The van der Waals surface area contributed by atoms with Crippen LogP contribution in [0.25, 0.3) is 11.3 Å². The number of thiazole rings is 1. The number of halogens is 3. The van der Waals surface area contributed by atoms with Crippen molar-refractivity contribution in [3.05, 3.63) is 54.2 Å². The third-order valence-corrected chi connectivity index (χ3v) is 3.89. The van der Waals surface area contributed by atoms with Crippen LogP contribution < -0.4 is 10.6 Å². The second-order valence-corrected chi connectivity index (χ2v) is 5.79. The van der Waals surface area contributed by atoms with Crippen LogP contribution >= 0.6 is 11.3 Å². The average Bonchev–Trinajstić information content (AvgIpc) is 3.05. The fourth-order valence-corrected chi connectivity index (χ4v) is 2.69.